The molecule has 166 valence electrons. The smallest absolute Gasteiger partial charge is 0.233 e. The van der Waals surface area contributed by atoms with E-state index in [1.165, 1.54) is 11.8 Å². The van der Waals surface area contributed by atoms with Crippen LogP contribution in [0, 0.1) is 0 Å². The molecule has 2 aromatic carbocycles. The molecule has 3 heterocycles. The van der Waals surface area contributed by atoms with E-state index in [1.54, 1.807) is 13.4 Å². The van der Waals surface area contributed by atoms with Gasteiger partial charge in [-0.05, 0) is 42.7 Å². The highest BCUT2D eigenvalue weighted by Crippen LogP contribution is 2.38. The lowest BCUT2D eigenvalue weighted by Crippen LogP contribution is -2.32. The fourth-order valence-corrected chi connectivity index (χ4v) is 4.96. The highest BCUT2D eigenvalue weighted by molar-refractivity contribution is 7.99. The fourth-order valence-electron chi connectivity index (χ4n) is 4.15. The van der Waals surface area contributed by atoms with Gasteiger partial charge in [0.05, 0.1) is 24.6 Å². The summed E-state index contributed by atoms with van der Waals surface area (Å²) in [7, 11) is 1.63. The van der Waals surface area contributed by atoms with E-state index >= 15 is 0 Å². The number of amides is 1. The van der Waals surface area contributed by atoms with Crippen LogP contribution in [-0.4, -0.2) is 58.2 Å². The van der Waals surface area contributed by atoms with E-state index in [-0.39, 0.29) is 11.9 Å². The van der Waals surface area contributed by atoms with E-state index in [0.29, 0.717) is 24.1 Å². The second-order valence-corrected chi connectivity index (χ2v) is 8.56. The number of likely N-dealkylation sites (tertiary alicyclic amines) is 1. The maximum atomic E-state index is 13.1. The van der Waals surface area contributed by atoms with Crippen molar-refractivity contribution in [2.75, 3.05) is 32.6 Å². The molecule has 8 nitrogen and oxygen atoms in total. The van der Waals surface area contributed by atoms with E-state index in [9.17, 15) is 4.79 Å². The Hall–Kier alpha value is -3.20. The molecule has 5 rings (SSSR count). The molecule has 1 unspecified atom stereocenters. The number of hydrogen-bond acceptors (Lipinski definition) is 7. The molecule has 3 aromatic rings. The van der Waals surface area contributed by atoms with Crippen molar-refractivity contribution in [2.45, 2.75) is 24.0 Å². The molecule has 32 heavy (non-hydrogen) atoms. The van der Waals surface area contributed by atoms with Gasteiger partial charge in [-0.2, -0.15) is 0 Å². The van der Waals surface area contributed by atoms with Crippen LogP contribution in [0.3, 0.4) is 0 Å². The van der Waals surface area contributed by atoms with Crippen LogP contribution in [0.5, 0.6) is 17.2 Å². The summed E-state index contributed by atoms with van der Waals surface area (Å²) in [6.45, 7) is 1.87. The Morgan fingerprint density at radius 1 is 1.19 bits per heavy atom. The number of hydrogen-bond donors (Lipinski definition) is 0. The van der Waals surface area contributed by atoms with Gasteiger partial charge in [0.2, 0.25) is 5.91 Å². The number of thioether (sulfide) groups is 1. The van der Waals surface area contributed by atoms with Crippen LogP contribution in [-0.2, 0) is 4.79 Å². The van der Waals surface area contributed by atoms with Gasteiger partial charge in [-0.3, -0.25) is 9.36 Å². The standard InChI is InChI=1S/C23H24N4O4S/c1-29-18-5-2-4-17(13-18)27-15-24-25-23(27)32-14-22(28)26-9-3-6-19(26)16-7-8-20-21(12-16)31-11-10-30-20/h2,4-5,7-8,12-13,15,19H,3,6,9-11,14H2,1H3. The number of carbonyl (C=O) groups is 1. The van der Waals surface area contributed by atoms with E-state index in [1.807, 2.05) is 51.9 Å². The second kappa shape index (κ2) is 9.12. The van der Waals surface area contributed by atoms with E-state index < -0.39 is 0 Å². The van der Waals surface area contributed by atoms with Crippen LogP contribution in [0.1, 0.15) is 24.4 Å². The molecule has 0 aliphatic carbocycles. The molecule has 1 saturated heterocycles. The Bertz CT molecular complexity index is 1120. The maximum absolute atomic E-state index is 13.1. The van der Waals surface area contributed by atoms with Crippen LogP contribution in [0.2, 0.25) is 0 Å². The fraction of sp³-hybridized carbons (Fsp3) is 0.348. The van der Waals surface area contributed by atoms with E-state index in [2.05, 4.69) is 10.2 Å². The first-order chi connectivity index (χ1) is 15.7. The van der Waals surface area contributed by atoms with Gasteiger partial charge in [0.15, 0.2) is 16.7 Å². The van der Waals surface area contributed by atoms with Gasteiger partial charge in [0.1, 0.15) is 25.3 Å². The minimum atomic E-state index is 0.0511. The molecule has 0 radical (unpaired) electrons. The molecule has 0 spiro atoms. The zero-order valence-electron chi connectivity index (χ0n) is 17.8. The minimum absolute atomic E-state index is 0.0511. The molecular weight excluding hydrogens is 428 g/mol. The summed E-state index contributed by atoms with van der Waals surface area (Å²) in [5.41, 5.74) is 1.98. The number of carbonyl (C=O) groups excluding carboxylic acids is 1. The van der Waals surface area contributed by atoms with Gasteiger partial charge in [-0.15, -0.1) is 10.2 Å². The van der Waals surface area contributed by atoms with Crippen molar-refractivity contribution >= 4 is 17.7 Å². The predicted octanol–water partition coefficient (Wildman–Crippen LogP) is 3.50. The molecule has 0 N–H and O–H groups in total. The van der Waals surface area contributed by atoms with Crippen molar-refractivity contribution in [3.05, 3.63) is 54.4 Å². The first kappa shape index (κ1) is 20.7. The van der Waals surface area contributed by atoms with Gasteiger partial charge in [0.25, 0.3) is 0 Å². The monoisotopic (exact) mass is 452 g/mol. The molecule has 1 aromatic heterocycles. The minimum Gasteiger partial charge on any atom is -0.497 e. The van der Waals surface area contributed by atoms with Gasteiger partial charge in [-0.1, -0.05) is 23.9 Å². The first-order valence-corrected chi connectivity index (χ1v) is 11.6. The van der Waals surface area contributed by atoms with Crippen molar-refractivity contribution in [1.82, 2.24) is 19.7 Å². The summed E-state index contributed by atoms with van der Waals surface area (Å²) in [5, 5.41) is 8.91. The number of methoxy groups -OCH3 is 1. The average molecular weight is 453 g/mol. The summed E-state index contributed by atoms with van der Waals surface area (Å²) in [4.78, 5) is 15.1. The Balaban J connectivity index is 1.28. The predicted molar refractivity (Wildman–Crippen MR) is 120 cm³/mol. The van der Waals surface area contributed by atoms with Crippen LogP contribution in [0.4, 0.5) is 0 Å². The van der Waals surface area contributed by atoms with Crippen LogP contribution in [0.25, 0.3) is 5.69 Å². The molecule has 1 amide bonds. The van der Waals surface area contributed by atoms with Crippen molar-refractivity contribution in [1.29, 1.82) is 0 Å². The molecule has 0 saturated carbocycles. The van der Waals surface area contributed by atoms with Crippen molar-refractivity contribution in [2.24, 2.45) is 0 Å². The molecular formula is C23H24N4O4S. The zero-order valence-corrected chi connectivity index (χ0v) is 18.6. The summed E-state index contributed by atoms with van der Waals surface area (Å²) in [5.74, 6) is 2.66. The van der Waals surface area contributed by atoms with Crippen molar-refractivity contribution in [3.8, 4) is 22.9 Å². The lowest BCUT2D eigenvalue weighted by atomic mass is 10.0. The van der Waals surface area contributed by atoms with Gasteiger partial charge in [0, 0.05) is 12.6 Å². The molecule has 0 bridgehead atoms. The van der Waals surface area contributed by atoms with Gasteiger partial charge >= 0.3 is 0 Å². The Labute approximate surface area is 190 Å². The average Bonchev–Trinajstić information content (AvgIpc) is 3.52. The summed E-state index contributed by atoms with van der Waals surface area (Å²) >= 11 is 1.39. The number of nitrogens with zero attached hydrogens (tertiary/aromatic N) is 4. The third kappa shape index (κ3) is 4.12. The first-order valence-electron chi connectivity index (χ1n) is 10.6. The third-order valence-corrected chi connectivity index (χ3v) is 6.62. The Kier molecular flexibility index (Phi) is 5.89. The Morgan fingerprint density at radius 2 is 2.06 bits per heavy atom. The third-order valence-electron chi connectivity index (χ3n) is 5.70. The topological polar surface area (TPSA) is 78.7 Å². The summed E-state index contributed by atoms with van der Waals surface area (Å²) in [6.07, 6.45) is 3.57. The lowest BCUT2D eigenvalue weighted by molar-refractivity contribution is -0.129. The largest absolute Gasteiger partial charge is 0.497 e. The zero-order chi connectivity index (χ0) is 21.9. The highest BCUT2D eigenvalue weighted by Gasteiger charge is 2.31. The number of fused-ring (bicyclic) bond motifs is 1. The molecule has 2 aliphatic heterocycles. The van der Waals surface area contributed by atoms with E-state index in [4.69, 9.17) is 14.2 Å². The number of rotatable bonds is 6. The summed E-state index contributed by atoms with van der Waals surface area (Å²) < 4.78 is 18.5. The quantitative estimate of drug-likeness (QED) is 0.530. The van der Waals surface area contributed by atoms with Crippen LogP contribution < -0.4 is 14.2 Å². The van der Waals surface area contributed by atoms with E-state index in [0.717, 1.165) is 47.9 Å². The molecule has 9 heteroatoms. The molecule has 1 atom stereocenters. The molecule has 1 fully saturated rings. The van der Waals surface area contributed by atoms with Gasteiger partial charge < -0.3 is 19.1 Å². The van der Waals surface area contributed by atoms with Crippen molar-refractivity contribution < 1.29 is 19.0 Å². The second-order valence-electron chi connectivity index (χ2n) is 7.62. The van der Waals surface area contributed by atoms with Crippen LogP contribution >= 0.6 is 11.8 Å². The Morgan fingerprint density at radius 3 is 2.94 bits per heavy atom. The normalized spacial score (nSPS) is 17.4. The maximum Gasteiger partial charge on any atom is 0.233 e. The SMILES string of the molecule is COc1cccc(-n2cnnc2SCC(=O)N2CCCC2c2ccc3c(c2)OCCO3)c1. The number of ether oxygens (including phenoxy) is 3. The lowest BCUT2D eigenvalue weighted by Gasteiger charge is -2.26. The highest BCUT2D eigenvalue weighted by atomic mass is 32.2. The van der Waals surface area contributed by atoms with Gasteiger partial charge in [-0.25, -0.2) is 0 Å². The molecule has 2 aliphatic rings. The summed E-state index contributed by atoms with van der Waals surface area (Å²) in [6, 6.07) is 13.7. The van der Waals surface area contributed by atoms with Crippen molar-refractivity contribution in [3.63, 3.8) is 0 Å². The van der Waals surface area contributed by atoms with Crippen LogP contribution in [0.15, 0.2) is 53.9 Å². The number of aromatic nitrogens is 3. The number of benzene rings is 2.